The van der Waals surface area contributed by atoms with Crippen LogP contribution in [0.4, 0.5) is 4.39 Å². The van der Waals surface area contributed by atoms with Crippen molar-refractivity contribution in [1.29, 1.82) is 5.41 Å². The van der Waals surface area contributed by atoms with Crippen LogP contribution < -0.4 is 0 Å². The molecule has 1 N–H and O–H groups in total. The molecule has 0 aromatic heterocycles. The predicted octanol–water partition coefficient (Wildman–Crippen LogP) is 2.46. The van der Waals surface area contributed by atoms with Crippen LogP contribution >= 0.6 is 0 Å². The summed E-state index contributed by atoms with van der Waals surface area (Å²) in [5.41, 5.74) is 0.616. The minimum Gasteiger partial charge on any atom is -0.308 e. The Morgan fingerprint density at radius 1 is 1.56 bits per heavy atom. The van der Waals surface area contributed by atoms with Gasteiger partial charge < -0.3 is 5.41 Å². The molecule has 0 heterocycles. The highest BCUT2D eigenvalue weighted by Gasteiger charge is 1.84. The zero-order valence-electron chi connectivity index (χ0n) is 5.61. The Bertz CT molecular complexity index is 156. The molecule has 0 aromatic carbocycles. The van der Waals surface area contributed by atoms with E-state index in [1.165, 1.54) is 12.2 Å². The van der Waals surface area contributed by atoms with Crippen molar-refractivity contribution >= 4 is 6.21 Å². The summed E-state index contributed by atoms with van der Waals surface area (Å²) in [7, 11) is 0. The zero-order chi connectivity index (χ0) is 7.28. The summed E-state index contributed by atoms with van der Waals surface area (Å²) in [5, 5.41) is 6.69. The third-order valence-electron chi connectivity index (χ3n) is 0.869. The monoisotopic (exact) mass is 127 g/mol. The lowest BCUT2D eigenvalue weighted by molar-refractivity contribution is 0.664. The van der Waals surface area contributed by atoms with E-state index in [4.69, 9.17) is 5.41 Å². The van der Waals surface area contributed by atoms with Gasteiger partial charge in [0.05, 0.1) is 0 Å². The van der Waals surface area contributed by atoms with E-state index in [9.17, 15) is 4.39 Å². The molecular weight excluding hydrogens is 117 g/mol. The molecule has 0 saturated heterocycles. The molecule has 0 atom stereocenters. The van der Waals surface area contributed by atoms with Gasteiger partial charge >= 0.3 is 0 Å². The molecule has 0 fully saturated rings. The van der Waals surface area contributed by atoms with Gasteiger partial charge in [-0.2, -0.15) is 0 Å². The van der Waals surface area contributed by atoms with Gasteiger partial charge in [0, 0.05) is 6.21 Å². The number of hydrogen-bond donors (Lipinski definition) is 1. The summed E-state index contributed by atoms with van der Waals surface area (Å²) < 4.78 is 12.3. The Balaban J connectivity index is 4.11. The van der Waals surface area contributed by atoms with Crippen LogP contribution in [0.2, 0.25) is 0 Å². The van der Waals surface area contributed by atoms with Gasteiger partial charge in [0.2, 0.25) is 0 Å². The number of hydrogen-bond acceptors (Lipinski definition) is 1. The van der Waals surface area contributed by atoms with E-state index in [0.29, 0.717) is 5.57 Å². The Morgan fingerprint density at radius 3 is 2.44 bits per heavy atom. The van der Waals surface area contributed by atoms with Gasteiger partial charge in [-0.05, 0) is 25.5 Å². The molecule has 0 aliphatic carbocycles. The first-order valence-corrected chi connectivity index (χ1v) is 2.71. The van der Waals surface area contributed by atoms with Crippen LogP contribution in [0, 0.1) is 5.41 Å². The van der Waals surface area contributed by atoms with Crippen molar-refractivity contribution in [3.8, 4) is 0 Å². The summed E-state index contributed by atoms with van der Waals surface area (Å²) in [6, 6.07) is 0. The first-order valence-electron chi connectivity index (χ1n) is 2.71. The fraction of sp³-hybridized carbons (Fsp3) is 0.286. The van der Waals surface area contributed by atoms with Gasteiger partial charge in [-0.1, -0.05) is 6.08 Å². The fourth-order valence-electron chi connectivity index (χ4n) is 0.342. The van der Waals surface area contributed by atoms with Crippen molar-refractivity contribution in [3.63, 3.8) is 0 Å². The lowest BCUT2D eigenvalue weighted by Gasteiger charge is -1.85. The minimum atomic E-state index is -0.295. The fourth-order valence-corrected chi connectivity index (χ4v) is 0.342. The second-order valence-electron chi connectivity index (χ2n) is 1.71. The van der Waals surface area contributed by atoms with E-state index in [2.05, 4.69) is 0 Å². The van der Waals surface area contributed by atoms with Crippen molar-refractivity contribution in [3.05, 3.63) is 23.6 Å². The predicted molar refractivity (Wildman–Crippen MR) is 37.4 cm³/mol. The number of allylic oxidation sites excluding steroid dienone is 4. The average Bonchev–Trinajstić information content (AvgIpc) is 1.87. The van der Waals surface area contributed by atoms with Gasteiger partial charge in [-0.15, -0.1) is 0 Å². The molecule has 1 nitrogen and oxygen atoms in total. The summed E-state index contributed by atoms with van der Waals surface area (Å²) in [5.74, 6) is -0.295. The number of rotatable bonds is 2. The zero-order valence-corrected chi connectivity index (χ0v) is 5.61. The van der Waals surface area contributed by atoms with E-state index in [1.807, 2.05) is 0 Å². The van der Waals surface area contributed by atoms with E-state index in [0.717, 1.165) is 6.21 Å². The van der Waals surface area contributed by atoms with Crippen LogP contribution in [0.3, 0.4) is 0 Å². The Kier molecular flexibility index (Phi) is 3.60. The largest absolute Gasteiger partial charge is 0.308 e. The SMILES string of the molecule is C/C=C(F)\C=C(\C)C=N. The Morgan fingerprint density at radius 2 is 2.11 bits per heavy atom. The quantitative estimate of drug-likeness (QED) is 0.435. The highest BCUT2D eigenvalue weighted by Crippen LogP contribution is 2.00. The van der Waals surface area contributed by atoms with Crippen molar-refractivity contribution in [2.45, 2.75) is 13.8 Å². The van der Waals surface area contributed by atoms with Gasteiger partial charge in [-0.25, -0.2) is 4.39 Å². The van der Waals surface area contributed by atoms with E-state index < -0.39 is 0 Å². The molecule has 0 bridgehead atoms. The second kappa shape index (κ2) is 4.01. The minimum absolute atomic E-state index is 0.295. The van der Waals surface area contributed by atoms with Gasteiger partial charge in [0.15, 0.2) is 0 Å². The topological polar surface area (TPSA) is 23.9 Å². The van der Waals surface area contributed by atoms with E-state index >= 15 is 0 Å². The molecule has 0 amide bonds. The molecule has 0 aliphatic rings. The maximum absolute atomic E-state index is 12.3. The molecule has 0 aliphatic heterocycles. The summed E-state index contributed by atoms with van der Waals surface area (Å²) in [6.07, 6.45) is 3.78. The number of halogens is 1. The molecule has 0 aromatic rings. The molecule has 2 heteroatoms. The van der Waals surface area contributed by atoms with Crippen LogP contribution in [0.15, 0.2) is 23.6 Å². The molecule has 9 heavy (non-hydrogen) atoms. The second-order valence-corrected chi connectivity index (χ2v) is 1.71. The average molecular weight is 127 g/mol. The maximum Gasteiger partial charge on any atom is 0.119 e. The van der Waals surface area contributed by atoms with Crippen LogP contribution in [-0.2, 0) is 0 Å². The normalized spacial score (nSPS) is 13.7. The van der Waals surface area contributed by atoms with Crippen molar-refractivity contribution in [1.82, 2.24) is 0 Å². The summed E-state index contributed by atoms with van der Waals surface area (Å²) >= 11 is 0. The van der Waals surface area contributed by atoms with Crippen molar-refractivity contribution in [2.75, 3.05) is 0 Å². The number of nitrogens with one attached hydrogen (secondary N) is 1. The van der Waals surface area contributed by atoms with E-state index in [1.54, 1.807) is 13.8 Å². The smallest absolute Gasteiger partial charge is 0.119 e. The van der Waals surface area contributed by atoms with Gasteiger partial charge in [-0.3, -0.25) is 0 Å². The lowest BCUT2D eigenvalue weighted by atomic mass is 10.3. The molecule has 0 rings (SSSR count). The lowest BCUT2D eigenvalue weighted by Crippen LogP contribution is -1.74. The first-order chi connectivity index (χ1) is 4.20. The standard InChI is InChI=1S/C7H10FN/c1-3-7(8)4-6(2)5-9/h3-5,9H,1-2H3/b6-4-,7-3+,9-5?. The highest BCUT2D eigenvalue weighted by atomic mass is 19.1. The molecule has 50 valence electrons. The molecule has 0 spiro atoms. The Labute approximate surface area is 54.4 Å². The van der Waals surface area contributed by atoms with Crippen LogP contribution in [0.25, 0.3) is 0 Å². The molecule has 0 saturated carbocycles. The third-order valence-corrected chi connectivity index (χ3v) is 0.869. The van der Waals surface area contributed by atoms with Crippen LogP contribution in [0.5, 0.6) is 0 Å². The summed E-state index contributed by atoms with van der Waals surface area (Å²) in [4.78, 5) is 0. The van der Waals surface area contributed by atoms with Crippen molar-refractivity contribution in [2.24, 2.45) is 0 Å². The summed E-state index contributed by atoms with van der Waals surface area (Å²) in [6.45, 7) is 3.29. The Hall–Kier alpha value is -0.920. The molecule has 0 radical (unpaired) electrons. The molecular formula is C7H10FN. The van der Waals surface area contributed by atoms with Gasteiger partial charge in [0.1, 0.15) is 5.83 Å². The molecule has 0 unspecified atom stereocenters. The van der Waals surface area contributed by atoms with Gasteiger partial charge in [0.25, 0.3) is 0 Å². The first kappa shape index (κ1) is 8.08. The van der Waals surface area contributed by atoms with Crippen LogP contribution in [-0.4, -0.2) is 6.21 Å². The highest BCUT2D eigenvalue weighted by molar-refractivity contribution is 5.75. The maximum atomic E-state index is 12.3. The van der Waals surface area contributed by atoms with Crippen molar-refractivity contribution < 1.29 is 4.39 Å². The van der Waals surface area contributed by atoms with E-state index in [-0.39, 0.29) is 5.83 Å². The third kappa shape index (κ3) is 3.64. The van der Waals surface area contributed by atoms with Crippen LogP contribution in [0.1, 0.15) is 13.8 Å².